The molecule has 0 bridgehead atoms. The van der Waals surface area contributed by atoms with Crippen molar-refractivity contribution in [3.63, 3.8) is 0 Å². The van der Waals surface area contributed by atoms with Crippen LogP contribution in [-0.4, -0.2) is 31.0 Å². The van der Waals surface area contributed by atoms with Crippen molar-refractivity contribution in [1.82, 2.24) is 10.3 Å². The van der Waals surface area contributed by atoms with Crippen molar-refractivity contribution in [1.29, 1.82) is 0 Å². The molecule has 2 rings (SSSR count). The van der Waals surface area contributed by atoms with Gasteiger partial charge in [-0.05, 0) is 13.3 Å². The van der Waals surface area contributed by atoms with Gasteiger partial charge in [-0.3, -0.25) is 0 Å². The topological polar surface area (TPSA) is 43.4 Å². The highest BCUT2D eigenvalue weighted by molar-refractivity contribution is 7.09. The van der Waals surface area contributed by atoms with E-state index >= 15 is 0 Å². The number of ether oxygens (including phenoxy) is 2. The van der Waals surface area contributed by atoms with Gasteiger partial charge in [-0.1, -0.05) is 0 Å². The van der Waals surface area contributed by atoms with E-state index in [4.69, 9.17) is 9.47 Å². The normalized spacial score (nSPS) is 21.8. The van der Waals surface area contributed by atoms with Gasteiger partial charge in [0.1, 0.15) is 11.8 Å². The van der Waals surface area contributed by atoms with Crippen LogP contribution in [0.2, 0.25) is 0 Å². The summed E-state index contributed by atoms with van der Waals surface area (Å²) in [7, 11) is 0. The highest BCUT2D eigenvalue weighted by Crippen LogP contribution is 2.09. The van der Waals surface area contributed by atoms with Gasteiger partial charge in [0.05, 0.1) is 12.7 Å². The summed E-state index contributed by atoms with van der Waals surface area (Å²) in [5, 5.41) is 6.56. The lowest BCUT2D eigenvalue weighted by Gasteiger charge is -2.22. The van der Waals surface area contributed by atoms with E-state index in [9.17, 15) is 0 Å². The van der Waals surface area contributed by atoms with Crippen LogP contribution in [0.4, 0.5) is 0 Å². The first kappa shape index (κ1) is 11.0. The molecule has 0 amide bonds. The molecule has 4 nitrogen and oxygen atoms in total. The summed E-state index contributed by atoms with van der Waals surface area (Å²) in [6.45, 7) is 4.97. The van der Waals surface area contributed by atoms with Gasteiger partial charge in [0, 0.05) is 24.2 Å². The molecular formula is C10H16N2O2S. The molecule has 0 aromatic carbocycles. The summed E-state index contributed by atoms with van der Waals surface area (Å²) in [4.78, 5) is 4.38. The Balaban J connectivity index is 1.65. The van der Waals surface area contributed by atoms with Crippen molar-refractivity contribution in [2.45, 2.75) is 26.0 Å². The second-order valence-corrected chi connectivity index (χ2v) is 4.56. The summed E-state index contributed by atoms with van der Waals surface area (Å²) in [6.07, 6.45) is 1.27. The average molecular weight is 228 g/mol. The lowest BCUT2D eigenvalue weighted by Crippen LogP contribution is -2.33. The molecule has 84 valence electrons. The Kier molecular flexibility index (Phi) is 4.08. The third-order valence-corrected chi connectivity index (χ3v) is 3.25. The number of rotatable bonds is 4. The molecule has 0 saturated carbocycles. The first-order chi connectivity index (χ1) is 7.34. The number of nitrogens with one attached hydrogen (secondary N) is 1. The summed E-state index contributed by atoms with van der Waals surface area (Å²) in [6, 6.07) is 0. The number of aromatic nitrogens is 1. The second-order valence-electron chi connectivity index (χ2n) is 3.62. The van der Waals surface area contributed by atoms with E-state index in [1.165, 1.54) is 0 Å². The van der Waals surface area contributed by atoms with Gasteiger partial charge >= 0.3 is 0 Å². The molecule has 1 aliphatic rings. The second kappa shape index (κ2) is 5.55. The Hall–Kier alpha value is -0.490. The average Bonchev–Trinajstić information content (AvgIpc) is 2.66. The highest BCUT2D eigenvalue weighted by Gasteiger charge is 2.13. The number of thiazole rings is 1. The lowest BCUT2D eigenvalue weighted by molar-refractivity contribution is -0.137. The molecule has 1 aromatic heterocycles. The fourth-order valence-electron chi connectivity index (χ4n) is 1.49. The van der Waals surface area contributed by atoms with Crippen molar-refractivity contribution in [2.75, 3.05) is 19.9 Å². The number of hydrogen-bond donors (Lipinski definition) is 1. The fraction of sp³-hybridized carbons (Fsp3) is 0.700. The lowest BCUT2D eigenvalue weighted by atomic mass is 10.2. The van der Waals surface area contributed by atoms with E-state index < -0.39 is 0 Å². The predicted octanol–water partition coefficient (Wildman–Crippen LogP) is 1.30. The summed E-state index contributed by atoms with van der Waals surface area (Å²) in [5.41, 5.74) is 1.10. The quantitative estimate of drug-likeness (QED) is 0.843. The molecule has 2 heterocycles. The molecule has 1 saturated heterocycles. The third kappa shape index (κ3) is 3.53. The van der Waals surface area contributed by atoms with Crippen molar-refractivity contribution < 1.29 is 9.47 Å². The van der Waals surface area contributed by atoms with Crippen LogP contribution in [0.5, 0.6) is 0 Å². The molecule has 0 spiro atoms. The summed E-state index contributed by atoms with van der Waals surface area (Å²) < 4.78 is 10.5. The maximum atomic E-state index is 5.42. The molecule has 1 aromatic rings. The van der Waals surface area contributed by atoms with Crippen molar-refractivity contribution >= 4 is 11.3 Å². The van der Waals surface area contributed by atoms with Gasteiger partial charge in [0.2, 0.25) is 0 Å². The SMILES string of the molecule is Cc1csc(CNCC2CCOCO2)n1. The van der Waals surface area contributed by atoms with Crippen LogP contribution in [0.15, 0.2) is 5.38 Å². The van der Waals surface area contributed by atoms with E-state index in [1.54, 1.807) is 11.3 Å². The largest absolute Gasteiger partial charge is 0.355 e. The predicted molar refractivity (Wildman–Crippen MR) is 58.9 cm³/mol. The maximum absolute atomic E-state index is 5.42. The third-order valence-electron chi connectivity index (χ3n) is 2.29. The van der Waals surface area contributed by atoms with Crippen LogP contribution in [0.1, 0.15) is 17.1 Å². The van der Waals surface area contributed by atoms with Crippen LogP contribution in [-0.2, 0) is 16.0 Å². The zero-order valence-electron chi connectivity index (χ0n) is 8.86. The van der Waals surface area contributed by atoms with Crippen LogP contribution >= 0.6 is 11.3 Å². The summed E-state index contributed by atoms with van der Waals surface area (Å²) in [5.74, 6) is 0. The molecule has 1 fully saturated rings. The minimum Gasteiger partial charge on any atom is -0.355 e. The van der Waals surface area contributed by atoms with Crippen LogP contribution in [0, 0.1) is 6.92 Å². The van der Waals surface area contributed by atoms with E-state index in [-0.39, 0.29) is 0 Å². The molecule has 0 aliphatic carbocycles. The van der Waals surface area contributed by atoms with E-state index in [1.807, 2.05) is 6.92 Å². The van der Waals surface area contributed by atoms with Gasteiger partial charge in [0.25, 0.3) is 0 Å². The minimum absolute atomic E-state index is 0.291. The Bertz CT molecular complexity index is 297. The van der Waals surface area contributed by atoms with Gasteiger partial charge in [0.15, 0.2) is 0 Å². The molecule has 1 unspecified atom stereocenters. The minimum atomic E-state index is 0.291. The Morgan fingerprint density at radius 3 is 3.27 bits per heavy atom. The standard InChI is InChI=1S/C10H16N2O2S/c1-8-6-15-10(12-8)5-11-4-9-2-3-13-7-14-9/h6,9,11H,2-5,7H2,1H3. The number of hydrogen-bond acceptors (Lipinski definition) is 5. The van der Waals surface area contributed by atoms with Gasteiger partial charge in [-0.25, -0.2) is 4.98 Å². The zero-order valence-corrected chi connectivity index (χ0v) is 9.68. The first-order valence-electron chi connectivity index (χ1n) is 5.15. The zero-order chi connectivity index (χ0) is 10.5. The number of nitrogens with zero attached hydrogens (tertiary/aromatic N) is 1. The van der Waals surface area contributed by atoms with Gasteiger partial charge < -0.3 is 14.8 Å². The smallest absolute Gasteiger partial charge is 0.147 e. The highest BCUT2D eigenvalue weighted by atomic mass is 32.1. The van der Waals surface area contributed by atoms with Gasteiger partial charge in [-0.15, -0.1) is 11.3 Å². The summed E-state index contributed by atoms with van der Waals surface area (Å²) >= 11 is 1.70. The molecular weight excluding hydrogens is 212 g/mol. The van der Waals surface area contributed by atoms with E-state index in [0.29, 0.717) is 12.9 Å². The van der Waals surface area contributed by atoms with E-state index in [0.717, 1.165) is 36.8 Å². The fourth-order valence-corrected chi connectivity index (χ4v) is 2.23. The molecule has 1 aliphatic heterocycles. The molecule has 0 radical (unpaired) electrons. The monoisotopic (exact) mass is 228 g/mol. The van der Waals surface area contributed by atoms with Crippen LogP contribution < -0.4 is 5.32 Å². The Morgan fingerprint density at radius 2 is 2.60 bits per heavy atom. The van der Waals surface area contributed by atoms with E-state index in [2.05, 4.69) is 15.7 Å². The molecule has 1 N–H and O–H groups in total. The van der Waals surface area contributed by atoms with Crippen LogP contribution in [0.3, 0.4) is 0 Å². The molecule has 15 heavy (non-hydrogen) atoms. The van der Waals surface area contributed by atoms with Crippen molar-refractivity contribution in [3.05, 3.63) is 16.1 Å². The van der Waals surface area contributed by atoms with Gasteiger partial charge in [-0.2, -0.15) is 0 Å². The Morgan fingerprint density at radius 1 is 1.67 bits per heavy atom. The number of aryl methyl sites for hydroxylation is 1. The first-order valence-corrected chi connectivity index (χ1v) is 6.03. The molecule has 5 heteroatoms. The van der Waals surface area contributed by atoms with Crippen LogP contribution in [0.25, 0.3) is 0 Å². The Labute approximate surface area is 93.6 Å². The molecule has 1 atom stereocenters. The van der Waals surface area contributed by atoms with Crippen molar-refractivity contribution in [3.8, 4) is 0 Å². The van der Waals surface area contributed by atoms with Crippen molar-refractivity contribution in [2.24, 2.45) is 0 Å². The maximum Gasteiger partial charge on any atom is 0.147 e.